The molecule has 94 valence electrons. The van der Waals surface area contributed by atoms with E-state index in [4.69, 9.17) is 0 Å². The smallest absolute Gasteiger partial charge is 0.253 e. The second-order valence-electron chi connectivity index (χ2n) is 4.04. The first-order valence-electron chi connectivity index (χ1n) is 5.94. The summed E-state index contributed by atoms with van der Waals surface area (Å²) in [5.41, 5.74) is 0.712. The number of piperazine rings is 1. The van der Waals surface area contributed by atoms with Gasteiger partial charge in [-0.3, -0.25) is 9.59 Å². The fourth-order valence-electron chi connectivity index (χ4n) is 1.88. The van der Waals surface area contributed by atoms with Gasteiger partial charge in [0.1, 0.15) is 0 Å². The average Bonchev–Trinajstić information content (AvgIpc) is 2.35. The number of allylic oxidation sites excluding steroid dienone is 2. The highest BCUT2D eigenvalue weighted by Crippen LogP contribution is 2.08. The molecule has 1 fully saturated rings. The molecule has 0 aromatic heterocycles. The van der Waals surface area contributed by atoms with E-state index in [-0.39, 0.29) is 11.8 Å². The molecule has 0 unspecified atom stereocenters. The van der Waals surface area contributed by atoms with E-state index >= 15 is 0 Å². The largest absolute Gasteiger partial charge is 0.339 e. The zero-order valence-electron chi connectivity index (χ0n) is 10.8. The van der Waals surface area contributed by atoms with Crippen LogP contribution >= 0.6 is 0 Å². The first-order valence-corrected chi connectivity index (χ1v) is 5.94. The lowest BCUT2D eigenvalue weighted by atomic mass is 10.2. The Bertz CT molecular complexity index is 350. The van der Waals surface area contributed by atoms with E-state index in [9.17, 15) is 9.59 Å². The Morgan fingerprint density at radius 1 is 1.00 bits per heavy atom. The Hall–Kier alpha value is -1.58. The topological polar surface area (TPSA) is 40.6 Å². The molecule has 0 atom stereocenters. The molecule has 0 aliphatic carbocycles. The Labute approximate surface area is 103 Å². The molecule has 1 saturated heterocycles. The first kappa shape index (κ1) is 13.5. The second kappa shape index (κ2) is 6.23. The van der Waals surface area contributed by atoms with Gasteiger partial charge in [-0.1, -0.05) is 18.2 Å². The molecule has 0 radical (unpaired) electrons. The van der Waals surface area contributed by atoms with E-state index in [0.717, 1.165) is 0 Å². The van der Waals surface area contributed by atoms with E-state index < -0.39 is 0 Å². The summed E-state index contributed by atoms with van der Waals surface area (Å²) in [7, 11) is 0. The van der Waals surface area contributed by atoms with Gasteiger partial charge in [-0.05, 0) is 13.8 Å². The van der Waals surface area contributed by atoms with Crippen molar-refractivity contribution in [2.75, 3.05) is 26.2 Å². The summed E-state index contributed by atoms with van der Waals surface area (Å²) in [5, 5.41) is 0. The maximum atomic E-state index is 12.1. The summed E-state index contributed by atoms with van der Waals surface area (Å²) in [5.74, 6) is 0.130. The van der Waals surface area contributed by atoms with Gasteiger partial charge in [0.2, 0.25) is 5.91 Å². The zero-order valence-corrected chi connectivity index (χ0v) is 10.8. The van der Waals surface area contributed by atoms with E-state index in [2.05, 4.69) is 0 Å². The van der Waals surface area contributed by atoms with Gasteiger partial charge >= 0.3 is 0 Å². The van der Waals surface area contributed by atoms with Crippen LogP contribution < -0.4 is 0 Å². The Morgan fingerprint density at radius 2 is 1.53 bits per heavy atom. The van der Waals surface area contributed by atoms with Crippen molar-refractivity contribution in [2.24, 2.45) is 0 Å². The molecule has 1 aliphatic heterocycles. The Kier molecular flexibility index (Phi) is 4.94. The molecule has 0 spiro atoms. The molecule has 0 bridgehead atoms. The zero-order chi connectivity index (χ0) is 12.8. The highest BCUT2D eigenvalue weighted by molar-refractivity contribution is 5.96. The van der Waals surface area contributed by atoms with Crippen LogP contribution in [0.4, 0.5) is 0 Å². The predicted octanol–water partition coefficient (Wildman–Crippen LogP) is 1.20. The second-order valence-corrected chi connectivity index (χ2v) is 4.04. The van der Waals surface area contributed by atoms with Crippen LogP contribution in [0, 0.1) is 0 Å². The summed E-state index contributed by atoms with van der Waals surface area (Å²) in [4.78, 5) is 26.8. The van der Waals surface area contributed by atoms with Crippen molar-refractivity contribution in [1.29, 1.82) is 0 Å². The lowest BCUT2D eigenvalue weighted by Crippen LogP contribution is -2.50. The number of carbonyl (C=O) groups excluding carboxylic acids is 2. The SMILES string of the molecule is CC=CC(=CC)C(=O)N1CCN(C(C)=O)CC1. The molecule has 0 saturated carbocycles. The van der Waals surface area contributed by atoms with Crippen molar-refractivity contribution >= 4 is 11.8 Å². The maximum absolute atomic E-state index is 12.1. The Balaban J connectivity index is 2.59. The van der Waals surface area contributed by atoms with Crippen molar-refractivity contribution in [3.8, 4) is 0 Å². The molecule has 0 N–H and O–H groups in total. The highest BCUT2D eigenvalue weighted by atomic mass is 16.2. The van der Waals surface area contributed by atoms with Crippen LogP contribution in [0.3, 0.4) is 0 Å². The van der Waals surface area contributed by atoms with Crippen LogP contribution in [0.25, 0.3) is 0 Å². The van der Waals surface area contributed by atoms with Crippen LogP contribution in [0.1, 0.15) is 20.8 Å². The fraction of sp³-hybridized carbons (Fsp3) is 0.538. The minimum Gasteiger partial charge on any atom is -0.339 e. The summed E-state index contributed by atoms with van der Waals surface area (Å²) in [6.45, 7) is 7.82. The van der Waals surface area contributed by atoms with Crippen LogP contribution in [0.2, 0.25) is 0 Å². The molecule has 1 heterocycles. The van der Waals surface area contributed by atoms with Gasteiger partial charge in [0.25, 0.3) is 5.91 Å². The third-order valence-electron chi connectivity index (χ3n) is 2.92. The number of nitrogens with zero attached hydrogens (tertiary/aromatic N) is 2. The third kappa shape index (κ3) is 3.44. The molecule has 0 aromatic carbocycles. The third-order valence-corrected chi connectivity index (χ3v) is 2.92. The number of carbonyl (C=O) groups is 2. The molecule has 4 heteroatoms. The van der Waals surface area contributed by atoms with Crippen molar-refractivity contribution in [2.45, 2.75) is 20.8 Å². The molecule has 4 nitrogen and oxygen atoms in total. The van der Waals surface area contributed by atoms with E-state index in [1.807, 2.05) is 32.1 Å². The van der Waals surface area contributed by atoms with Crippen molar-refractivity contribution < 1.29 is 9.59 Å². The molecule has 2 amide bonds. The standard InChI is InChI=1S/C13H20N2O2/c1-4-6-12(5-2)13(17)15-9-7-14(8-10-15)11(3)16/h4-6H,7-10H2,1-3H3. The molecular weight excluding hydrogens is 216 g/mol. The van der Waals surface area contributed by atoms with Gasteiger partial charge in [0, 0.05) is 38.7 Å². The first-order chi connectivity index (χ1) is 8.10. The maximum Gasteiger partial charge on any atom is 0.253 e. The summed E-state index contributed by atoms with van der Waals surface area (Å²) in [6.07, 6.45) is 5.50. The van der Waals surface area contributed by atoms with E-state index in [0.29, 0.717) is 31.8 Å². The molecule has 1 rings (SSSR count). The quantitative estimate of drug-likeness (QED) is 0.534. The predicted molar refractivity (Wildman–Crippen MR) is 67.4 cm³/mol. The van der Waals surface area contributed by atoms with Gasteiger partial charge in [0.15, 0.2) is 0 Å². The average molecular weight is 236 g/mol. The van der Waals surface area contributed by atoms with Crippen LogP contribution in [0.5, 0.6) is 0 Å². The molecule has 0 aromatic rings. The fourth-order valence-corrected chi connectivity index (χ4v) is 1.88. The Morgan fingerprint density at radius 3 is 1.94 bits per heavy atom. The molecule has 17 heavy (non-hydrogen) atoms. The van der Waals surface area contributed by atoms with E-state index in [1.54, 1.807) is 16.7 Å². The van der Waals surface area contributed by atoms with Gasteiger partial charge in [-0.15, -0.1) is 0 Å². The van der Waals surface area contributed by atoms with Crippen LogP contribution in [0.15, 0.2) is 23.8 Å². The lowest BCUT2D eigenvalue weighted by molar-refractivity contribution is -0.136. The number of rotatable bonds is 2. The minimum atomic E-state index is 0.0498. The highest BCUT2D eigenvalue weighted by Gasteiger charge is 2.23. The van der Waals surface area contributed by atoms with Crippen molar-refractivity contribution in [3.05, 3.63) is 23.8 Å². The summed E-state index contributed by atoms with van der Waals surface area (Å²) in [6, 6.07) is 0. The van der Waals surface area contributed by atoms with Gasteiger partial charge in [-0.2, -0.15) is 0 Å². The minimum absolute atomic E-state index is 0.0498. The summed E-state index contributed by atoms with van der Waals surface area (Å²) < 4.78 is 0. The summed E-state index contributed by atoms with van der Waals surface area (Å²) >= 11 is 0. The number of hydrogen-bond acceptors (Lipinski definition) is 2. The van der Waals surface area contributed by atoms with Crippen molar-refractivity contribution in [3.63, 3.8) is 0 Å². The number of amides is 2. The van der Waals surface area contributed by atoms with Crippen LogP contribution in [-0.2, 0) is 9.59 Å². The van der Waals surface area contributed by atoms with Gasteiger partial charge in [0.05, 0.1) is 0 Å². The van der Waals surface area contributed by atoms with Gasteiger partial charge in [-0.25, -0.2) is 0 Å². The van der Waals surface area contributed by atoms with Crippen LogP contribution in [-0.4, -0.2) is 47.8 Å². The number of hydrogen-bond donors (Lipinski definition) is 0. The van der Waals surface area contributed by atoms with Gasteiger partial charge < -0.3 is 9.80 Å². The lowest BCUT2D eigenvalue weighted by Gasteiger charge is -2.34. The molecule has 1 aliphatic rings. The monoisotopic (exact) mass is 236 g/mol. The molecular formula is C13H20N2O2. The van der Waals surface area contributed by atoms with Crippen molar-refractivity contribution in [1.82, 2.24) is 9.80 Å². The normalized spacial score (nSPS) is 17.7. The van der Waals surface area contributed by atoms with E-state index in [1.165, 1.54) is 0 Å².